The minimum absolute atomic E-state index is 0.134. The molecule has 1 atom stereocenters. The first kappa shape index (κ1) is 12.6. The maximum atomic E-state index is 11.2. The third-order valence-electron chi connectivity index (χ3n) is 4.53. The van der Waals surface area contributed by atoms with Gasteiger partial charge in [-0.3, -0.25) is 0 Å². The fourth-order valence-corrected chi connectivity index (χ4v) is 3.29. The first-order valence-corrected chi connectivity index (χ1v) is 7.07. The highest BCUT2D eigenvalue weighted by Gasteiger charge is 2.41. The van der Waals surface area contributed by atoms with Gasteiger partial charge in [-0.05, 0) is 18.9 Å². The summed E-state index contributed by atoms with van der Waals surface area (Å²) in [5.41, 5.74) is 0.780. The van der Waals surface area contributed by atoms with Crippen LogP contribution in [0.3, 0.4) is 0 Å². The van der Waals surface area contributed by atoms with E-state index in [1.54, 1.807) is 6.20 Å². The van der Waals surface area contributed by atoms with Crippen LogP contribution in [0.15, 0.2) is 18.5 Å². The highest BCUT2D eigenvalue weighted by atomic mass is 16.5. The molecule has 2 aromatic heterocycles. The normalized spacial score (nSPS) is 25.2. The van der Waals surface area contributed by atoms with Crippen LogP contribution in [0.4, 0.5) is 5.82 Å². The molecule has 2 saturated heterocycles. The van der Waals surface area contributed by atoms with Gasteiger partial charge < -0.3 is 14.7 Å². The first-order valence-electron chi connectivity index (χ1n) is 7.07. The Kier molecular flexibility index (Phi) is 2.65. The van der Waals surface area contributed by atoms with Crippen molar-refractivity contribution in [3.63, 3.8) is 0 Å². The molecule has 0 amide bonds. The van der Waals surface area contributed by atoms with Gasteiger partial charge in [0.15, 0.2) is 5.65 Å². The Balaban J connectivity index is 1.68. The summed E-state index contributed by atoms with van der Waals surface area (Å²) in [5.74, 6) is -0.189. The van der Waals surface area contributed by atoms with E-state index in [0.717, 1.165) is 45.0 Å². The van der Waals surface area contributed by atoms with E-state index in [1.807, 2.05) is 6.07 Å². The second kappa shape index (κ2) is 4.42. The summed E-state index contributed by atoms with van der Waals surface area (Å²) in [7, 11) is 0. The molecule has 21 heavy (non-hydrogen) atoms. The monoisotopic (exact) mass is 288 g/mol. The molecule has 7 heteroatoms. The number of hydrogen-bond acceptors (Lipinski definition) is 5. The van der Waals surface area contributed by atoms with E-state index in [1.165, 1.54) is 10.7 Å². The smallest absolute Gasteiger partial charge is 0.341 e. The van der Waals surface area contributed by atoms with Crippen LogP contribution in [0, 0.1) is 5.41 Å². The Hall–Kier alpha value is -2.15. The van der Waals surface area contributed by atoms with E-state index in [2.05, 4.69) is 15.0 Å². The van der Waals surface area contributed by atoms with Crippen LogP contribution >= 0.6 is 0 Å². The van der Waals surface area contributed by atoms with Gasteiger partial charge in [-0.15, -0.1) is 0 Å². The summed E-state index contributed by atoms with van der Waals surface area (Å²) >= 11 is 0. The standard InChI is InChI=1S/C14H16N4O3/c19-13(20)10-7-15-18-4-1-11(16-12(10)18)17-5-2-14(8-17)3-6-21-9-14/h1,4,7H,2-3,5-6,8-9H2,(H,19,20)/t14-/m1/s1. The zero-order chi connectivity index (χ0) is 14.4. The van der Waals surface area contributed by atoms with Gasteiger partial charge in [0.2, 0.25) is 0 Å². The molecule has 4 rings (SSSR count). The Bertz CT molecular complexity index is 705. The van der Waals surface area contributed by atoms with Crippen LogP contribution in [-0.4, -0.2) is 52.0 Å². The number of carbonyl (C=O) groups is 1. The summed E-state index contributed by atoms with van der Waals surface area (Å²) in [6.45, 7) is 3.51. The van der Waals surface area contributed by atoms with Crippen molar-refractivity contribution in [2.24, 2.45) is 5.41 Å². The minimum Gasteiger partial charge on any atom is -0.477 e. The predicted octanol–water partition coefficient (Wildman–Crippen LogP) is 1.04. The molecule has 1 N–H and O–H groups in total. The van der Waals surface area contributed by atoms with Crippen molar-refractivity contribution in [2.45, 2.75) is 12.8 Å². The molecule has 2 fully saturated rings. The van der Waals surface area contributed by atoms with Crippen LogP contribution in [0.1, 0.15) is 23.2 Å². The molecule has 1 spiro atoms. The molecule has 2 aromatic rings. The minimum atomic E-state index is -1.00. The third-order valence-corrected chi connectivity index (χ3v) is 4.53. The lowest BCUT2D eigenvalue weighted by Gasteiger charge is -2.22. The number of carboxylic acids is 1. The van der Waals surface area contributed by atoms with Crippen molar-refractivity contribution in [3.05, 3.63) is 24.0 Å². The van der Waals surface area contributed by atoms with E-state index in [-0.39, 0.29) is 11.0 Å². The average Bonchev–Trinajstić information content (AvgIpc) is 3.19. The van der Waals surface area contributed by atoms with E-state index in [4.69, 9.17) is 4.74 Å². The molecule has 7 nitrogen and oxygen atoms in total. The molecule has 0 saturated carbocycles. The fraction of sp³-hybridized carbons (Fsp3) is 0.500. The summed E-state index contributed by atoms with van der Waals surface area (Å²) in [4.78, 5) is 17.9. The third kappa shape index (κ3) is 1.96. The zero-order valence-corrected chi connectivity index (χ0v) is 11.5. The highest BCUT2D eigenvalue weighted by Crippen LogP contribution is 2.39. The second-order valence-electron chi connectivity index (χ2n) is 5.89. The van der Waals surface area contributed by atoms with Crippen LogP contribution in [0.2, 0.25) is 0 Å². The lowest BCUT2D eigenvalue weighted by Crippen LogP contribution is -2.28. The molecular weight excluding hydrogens is 272 g/mol. The summed E-state index contributed by atoms with van der Waals surface area (Å²) in [6.07, 6.45) is 5.30. The summed E-state index contributed by atoms with van der Waals surface area (Å²) in [5, 5.41) is 13.2. The van der Waals surface area contributed by atoms with Crippen molar-refractivity contribution in [1.29, 1.82) is 0 Å². The van der Waals surface area contributed by atoms with Crippen LogP contribution in [0.5, 0.6) is 0 Å². The number of fused-ring (bicyclic) bond motifs is 1. The molecule has 2 aliphatic rings. The molecule has 0 aliphatic carbocycles. The summed E-state index contributed by atoms with van der Waals surface area (Å²) < 4.78 is 7.03. The van der Waals surface area contributed by atoms with Gasteiger partial charge in [-0.1, -0.05) is 0 Å². The van der Waals surface area contributed by atoms with Gasteiger partial charge in [0.1, 0.15) is 11.4 Å². The average molecular weight is 288 g/mol. The maximum Gasteiger partial charge on any atom is 0.341 e. The fourth-order valence-electron chi connectivity index (χ4n) is 3.29. The number of aromatic carboxylic acids is 1. The number of carboxylic acid groups (broad SMARTS) is 1. The van der Waals surface area contributed by atoms with Gasteiger partial charge in [0.05, 0.1) is 12.8 Å². The van der Waals surface area contributed by atoms with Crippen molar-refractivity contribution in [1.82, 2.24) is 14.6 Å². The lowest BCUT2D eigenvalue weighted by atomic mass is 9.87. The quantitative estimate of drug-likeness (QED) is 0.889. The van der Waals surface area contributed by atoms with Gasteiger partial charge in [-0.25, -0.2) is 14.3 Å². The SMILES string of the molecule is O=C(O)c1cnn2ccc(N3CC[C@@]4(CCOC4)C3)nc12. The van der Waals surface area contributed by atoms with Gasteiger partial charge in [-0.2, -0.15) is 5.10 Å². The molecule has 0 unspecified atom stereocenters. The van der Waals surface area contributed by atoms with Gasteiger partial charge in [0, 0.05) is 31.3 Å². The zero-order valence-electron chi connectivity index (χ0n) is 11.5. The van der Waals surface area contributed by atoms with Gasteiger partial charge in [0.25, 0.3) is 0 Å². The maximum absolute atomic E-state index is 11.2. The number of anilines is 1. The molecular formula is C14H16N4O3. The Morgan fingerprint density at radius 1 is 1.43 bits per heavy atom. The summed E-state index contributed by atoms with van der Waals surface area (Å²) in [6, 6.07) is 1.89. The van der Waals surface area contributed by atoms with E-state index in [9.17, 15) is 9.90 Å². The second-order valence-corrected chi connectivity index (χ2v) is 5.89. The van der Waals surface area contributed by atoms with Crippen LogP contribution in [0.25, 0.3) is 5.65 Å². The molecule has 0 aromatic carbocycles. The predicted molar refractivity (Wildman–Crippen MR) is 74.6 cm³/mol. The van der Waals surface area contributed by atoms with Gasteiger partial charge >= 0.3 is 5.97 Å². The Labute approximate surface area is 121 Å². The highest BCUT2D eigenvalue weighted by molar-refractivity contribution is 5.94. The number of nitrogens with zero attached hydrogens (tertiary/aromatic N) is 4. The van der Waals surface area contributed by atoms with Crippen molar-refractivity contribution in [3.8, 4) is 0 Å². The molecule has 0 radical (unpaired) electrons. The largest absolute Gasteiger partial charge is 0.477 e. The Morgan fingerprint density at radius 3 is 3.10 bits per heavy atom. The van der Waals surface area contributed by atoms with Crippen molar-refractivity contribution >= 4 is 17.4 Å². The first-order chi connectivity index (χ1) is 10.2. The molecule has 0 bridgehead atoms. The van der Waals surface area contributed by atoms with E-state index >= 15 is 0 Å². The lowest BCUT2D eigenvalue weighted by molar-refractivity contribution is 0.0699. The Morgan fingerprint density at radius 2 is 2.33 bits per heavy atom. The molecule has 4 heterocycles. The number of hydrogen-bond donors (Lipinski definition) is 1. The molecule has 110 valence electrons. The number of ether oxygens (including phenoxy) is 1. The molecule has 2 aliphatic heterocycles. The topological polar surface area (TPSA) is 80.0 Å². The van der Waals surface area contributed by atoms with E-state index < -0.39 is 5.97 Å². The van der Waals surface area contributed by atoms with Crippen molar-refractivity contribution in [2.75, 3.05) is 31.2 Å². The van der Waals surface area contributed by atoms with Crippen LogP contribution in [-0.2, 0) is 4.74 Å². The van der Waals surface area contributed by atoms with Crippen LogP contribution < -0.4 is 4.90 Å². The number of rotatable bonds is 2. The van der Waals surface area contributed by atoms with E-state index in [0.29, 0.717) is 5.65 Å². The van der Waals surface area contributed by atoms with Crippen molar-refractivity contribution < 1.29 is 14.6 Å². The number of aromatic nitrogens is 3.